The molecule has 0 N–H and O–H groups in total. The molecule has 1 atom stereocenters. The Kier molecular flexibility index (Phi) is 4.48. The van der Waals surface area contributed by atoms with E-state index in [0.29, 0.717) is 12.2 Å². The molecule has 4 aromatic rings. The van der Waals surface area contributed by atoms with Gasteiger partial charge in [0.2, 0.25) is 0 Å². The van der Waals surface area contributed by atoms with Crippen molar-refractivity contribution in [1.29, 1.82) is 0 Å². The topological polar surface area (TPSA) is 76.3 Å². The molecule has 7 nitrogen and oxygen atoms in total. The van der Waals surface area contributed by atoms with Crippen molar-refractivity contribution in [3.8, 4) is 11.1 Å². The Morgan fingerprint density at radius 1 is 1.00 bits per heavy atom. The minimum absolute atomic E-state index is 0.0287. The molecule has 1 aliphatic heterocycles. The van der Waals surface area contributed by atoms with E-state index in [4.69, 9.17) is 10.1 Å². The van der Waals surface area contributed by atoms with Gasteiger partial charge in [0.1, 0.15) is 5.69 Å². The standard InChI is InChI=1S/C22H20N6O/c29-22(19-5-1-2-10-24-19)27-13-3-4-18(14-27)21-25-20-7-6-17(15-28(20)26-21)16-8-11-23-12-9-16/h1-2,5-12,15,18H,3-4,13-14H2/t18-/m0/s1. The number of hydrogen-bond acceptors (Lipinski definition) is 5. The van der Waals surface area contributed by atoms with Crippen molar-refractivity contribution in [3.05, 3.63) is 78.8 Å². The highest BCUT2D eigenvalue weighted by Crippen LogP contribution is 2.26. The lowest BCUT2D eigenvalue weighted by Crippen LogP contribution is -2.39. The second-order valence-electron chi connectivity index (χ2n) is 7.23. The molecular formula is C22H20N6O. The van der Waals surface area contributed by atoms with Crippen LogP contribution in [0.3, 0.4) is 0 Å². The van der Waals surface area contributed by atoms with Gasteiger partial charge in [-0.15, -0.1) is 0 Å². The van der Waals surface area contributed by atoms with Crippen LogP contribution in [0, 0.1) is 0 Å². The van der Waals surface area contributed by atoms with Crippen molar-refractivity contribution in [1.82, 2.24) is 29.5 Å². The van der Waals surface area contributed by atoms with Crippen LogP contribution in [-0.2, 0) is 0 Å². The lowest BCUT2D eigenvalue weighted by atomic mass is 9.97. The maximum absolute atomic E-state index is 12.8. The summed E-state index contributed by atoms with van der Waals surface area (Å²) in [6, 6.07) is 13.4. The number of carbonyl (C=O) groups is 1. The lowest BCUT2D eigenvalue weighted by molar-refractivity contribution is 0.0698. The number of hydrogen-bond donors (Lipinski definition) is 0. The third-order valence-electron chi connectivity index (χ3n) is 5.32. The first-order chi connectivity index (χ1) is 14.3. The van der Waals surface area contributed by atoms with E-state index in [-0.39, 0.29) is 11.8 Å². The Balaban J connectivity index is 1.39. The van der Waals surface area contributed by atoms with Crippen molar-refractivity contribution >= 4 is 11.6 Å². The van der Waals surface area contributed by atoms with Gasteiger partial charge in [0.15, 0.2) is 11.5 Å². The monoisotopic (exact) mass is 384 g/mol. The third kappa shape index (κ3) is 3.47. The molecule has 1 fully saturated rings. The number of rotatable bonds is 3. The zero-order valence-electron chi connectivity index (χ0n) is 15.8. The highest BCUT2D eigenvalue weighted by Gasteiger charge is 2.28. The Labute approximate surface area is 168 Å². The molecule has 0 unspecified atom stereocenters. The van der Waals surface area contributed by atoms with Gasteiger partial charge in [-0.1, -0.05) is 6.07 Å². The first-order valence-corrected chi connectivity index (χ1v) is 9.75. The average Bonchev–Trinajstić information content (AvgIpc) is 3.23. The maximum atomic E-state index is 12.8. The molecule has 0 saturated carbocycles. The highest BCUT2D eigenvalue weighted by atomic mass is 16.2. The normalized spacial score (nSPS) is 16.8. The molecule has 29 heavy (non-hydrogen) atoms. The summed E-state index contributed by atoms with van der Waals surface area (Å²) in [5.41, 5.74) is 3.44. The van der Waals surface area contributed by atoms with Crippen LogP contribution >= 0.6 is 0 Å². The fraction of sp³-hybridized carbons (Fsp3) is 0.227. The van der Waals surface area contributed by atoms with Gasteiger partial charge >= 0.3 is 0 Å². The molecule has 0 aliphatic carbocycles. The van der Waals surface area contributed by atoms with Crippen molar-refractivity contribution in [3.63, 3.8) is 0 Å². The van der Waals surface area contributed by atoms with Gasteiger partial charge < -0.3 is 4.90 Å². The Morgan fingerprint density at radius 3 is 2.72 bits per heavy atom. The Morgan fingerprint density at radius 2 is 1.90 bits per heavy atom. The molecule has 144 valence electrons. The molecule has 0 spiro atoms. The summed E-state index contributed by atoms with van der Waals surface area (Å²) in [6.07, 6.45) is 9.10. The summed E-state index contributed by atoms with van der Waals surface area (Å²) in [4.78, 5) is 27.6. The third-order valence-corrected chi connectivity index (χ3v) is 5.32. The molecule has 4 aromatic heterocycles. The van der Waals surface area contributed by atoms with E-state index < -0.39 is 0 Å². The molecule has 1 amide bonds. The summed E-state index contributed by atoms with van der Waals surface area (Å²) >= 11 is 0. The highest BCUT2D eigenvalue weighted by molar-refractivity contribution is 5.92. The number of likely N-dealkylation sites (tertiary alicyclic amines) is 1. The molecule has 0 bridgehead atoms. The lowest BCUT2D eigenvalue weighted by Gasteiger charge is -2.31. The van der Waals surface area contributed by atoms with Gasteiger partial charge in [-0.2, -0.15) is 5.10 Å². The number of piperidine rings is 1. The summed E-state index contributed by atoms with van der Waals surface area (Å²) in [5.74, 6) is 0.884. The second kappa shape index (κ2) is 7.43. The maximum Gasteiger partial charge on any atom is 0.272 e. The zero-order chi connectivity index (χ0) is 19.6. The van der Waals surface area contributed by atoms with Gasteiger partial charge in [0, 0.05) is 49.4 Å². The molecular weight excluding hydrogens is 364 g/mol. The predicted molar refractivity (Wildman–Crippen MR) is 108 cm³/mol. The van der Waals surface area contributed by atoms with E-state index >= 15 is 0 Å². The molecule has 1 aliphatic rings. The molecule has 5 rings (SSSR count). The van der Waals surface area contributed by atoms with E-state index in [1.165, 1.54) is 0 Å². The second-order valence-corrected chi connectivity index (χ2v) is 7.23. The van der Waals surface area contributed by atoms with Crippen LogP contribution < -0.4 is 0 Å². The van der Waals surface area contributed by atoms with Gasteiger partial charge in [0.05, 0.1) is 0 Å². The van der Waals surface area contributed by atoms with E-state index in [2.05, 4.69) is 9.97 Å². The van der Waals surface area contributed by atoms with Crippen molar-refractivity contribution < 1.29 is 4.79 Å². The quantitative estimate of drug-likeness (QED) is 0.542. The van der Waals surface area contributed by atoms with Crippen LogP contribution in [0.25, 0.3) is 16.8 Å². The first-order valence-electron chi connectivity index (χ1n) is 9.75. The number of aromatic nitrogens is 5. The zero-order valence-corrected chi connectivity index (χ0v) is 15.8. The van der Waals surface area contributed by atoms with E-state index in [1.54, 1.807) is 24.7 Å². The van der Waals surface area contributed by atoms with Crippen LogP contribution in [0.2, 0.25) is 0 Å². The van der Waals surface area contributed by atoms with Crippen LogP contribution in [0.4, 0.5) is 0 Å². The molecule has 0 radical (unpaired) electrons. The van der Waals surface area contributed by atoms with Crippen LogP contribution in [-0.4, -0.2) is 48.5 Å². The fourth-order valence-electron chi connectivity index (χ4n) is 3.81. The number of fused-ring (bicyclic) bond motifs is 1. The van der Waals surface area contributed by atoms with Gasteiger partial charge in [0.25, 0.3) is 5.91 Å². The smallest absolute Gasteiger partial charge is 0.272 e. The average molecular weight is 384 g/mol. The number of nitrogens with zero attached hydrogens (tertiary/aromatic N) is 6. The molecule has 0 aromatic carbocycles. The largest absolute Gasteiger partial charge is 0.337 e. The van der Waals surface area contributed by atoms with Crippen LogP contribution in [0.1, 0.15) is 35.1 Å². The van der Waals surface area contributed by atoms with Gasteiger partial charge in [-0.05, 0) is 54.8 Å². The number of carbonyl (C=O) groups excluding carboxylic acids is 1. The molecule has 7 heteroatoms. The van der Waals surface area contributed by atoms with Crippen molar-refractivity contribution in [2.45, 2.75) is 18.8 Å². The summed E-state index contributed by atoms with van der Waals surface area (Å²) < 4.78 is 1.82. The Hall–Kier alpha value is -3.61. The van der Waals surface area contributed by atoms with E-state index in [9.17, 15) is 4.79 Å². The SMILES string of the molecule is O=C(c1ccccn1)N1CCC[C@H](c2nc3ccc(-c4ccncc4)cn3n2)C1. The summed E-state index contributed by atoms with van der Waals surface area (Å²) in [6.45, 7) is 1.36. The van der Waals surface area contributed by atoms with E-state index in [1.807, 2.05) is 52.0 Å². The van der Waals surface area contributed by atoms with Crippen molar-refractivity contribution in [2.24, 2.45) is 0 Å². The predicted octanol–water partition coefficient (Wildman–Crippen LogP) is 3.21. The molecule has 5 heterocycles. The fourth-order valence-corrected chi connectivity index (χ4v) is 3.81. The van der Waals surface area contributed by atoms with Crippen LogP contribution in [0.15, 0.2) is 67.3 Å². The minimum Gasteiger partial charge on any atom is -0.337 e. The minimum atomic E-state index is -0.0287. The first kappa shape index (κ1) is 17.5. The van der Waals surface area contributed by atoms with Crippen LogP contribution in [0.5, 0.6) is 0 Å². The molecule has 1 saturated heterocycles. The van der Waals surface area contributed by atoms with Gasteiger partial charge in [-0.25, -0.2) is 9.50 Å². The number of amides is 1. The van der Waals surface area contributed by atoms with Crippen molar-refractivity contribution in [2.75, 3.05) is 13.1 Å². The van der Waals surface area contributed by atoms with Gasteiger partial charge in [-0.3, -0.25) is 14.8 Å². The summed E-state index contributed by atoms with van der Waals surface area (Å²) in [7, 11) is 0. The summed E-state index contributed by atoms with van der Waals surface area (Å²) in [5, 5.41) is 4.73. The Bertz CT molecular complexity index is 1140. The van der Waals surface area contributed by atoms with E-state index in [0.717, 1.165) is 42.0 Å². The number of pyridine rings is 3.